The number of hydrogen-bond acceptors (Lipinski definition) is 2. The second kappa shape index (κ2) is 5.45. The van der Waals surface area contributed by atoms with Gasteiger partial charge in [0.05, 0.1) is 5.69 Å². The summed E-state index contributed by atoms with van der Waals surface area (Å²) in [6.45, 7) is 3.17. The molecule has 3 rings (SSSR count). The van der Waals surface area contributed by atoms with E-state index in [2.05, 4.69) is 39.0 Å². The van der Waals surface area contributed by atoms with Crippen LogP contribution in [0.2, 0.25) is 0 Å². The van der Waals surface area contributed by atoms with Gasteiger partial charge in [0.15, 0.2) is 0 Å². The summed E-state index contributed by atoms with van der Waals surface area (Å²) in [6.07, 6.45) is 7.78. The van der Waals surface area contributed by atoms with Crippen molar-refractivity contribution >= 4 is 21.6 Å². The third-order valence-corrected chi connectivity index (χ3v) is 5.59. The number of halogens is 1. The van der Waals surface area contributed by atoms with Gasteiger partial charge in [-0.15, -0.1) is 0 Å². The topological polar surface area (TPSA) is 29.3 Å². The first-order chi connectivity index (χ1) is 9.25. The zero-order valence-corrected chi connectivity index (χ0v) is 13.1. The Labute approximate surface area is 124 Å². The third kappa shape index (κ3) is 2.43. The fourth-order valence-electron chi connectivity index (χ4n) is 3.71. The van der Waals surface area contributed by atoms with Crippen LogP contribution in [0.15, 0.2) is 22.7 Å². The molecule has 19 heavy (non-hydrogen) atoms. The number of anilines is 1. The Morgan fingerprint density at radius 3 is 2.37 bits per heavy atom. The predicted octanol–water partition coefficient (Wildman–Crippen LogP) is 3.82. The lowest BCUT2D eigenvalue weighted by molar-refractivity contribution is 0.453. The van der Waals surface area contributed by atoms with Gasteiger partial charge in [0.2, 0.25) is 0 Å². The van der Waals surface area contributed by atoms with Gasteiger partial charge >= 0.3 is 0 Å². The first-order valence-corrected chi connectivity index (χ1v) is 8.29. The Bertz CT molecular complexity index is 446. The van der Waals surface area contributed by atoms with E-state index < -0.39 is 0 Å². The molecule has 0 bridgehead atoms. The van der Waals surface area contributed by atoms with E-state index in [0.717, 1.165) is 6.54 Å². The summed E-state index contributed by atoms with van der Waals surface area (Å²) in [6, 6.07) is 6.93. The number of rotatable bonds is 3. The van der Waals surface area contributed by atoms with Crippen molar-refractivity contribution in [1.29, 1.82) is 0 Å². The molecule has 0 radical (unpaired) electrons. The summed E-state index contributed by atoms with van der Waals surface area (Å²) in [5.74, 6) is 0. The van der Waals surface area contributed by atoms with Gasteiger partial charge in [-0.3, -0.25) is 0 Å². The maximum Gasteiger partial charge on any atom is 0.0510 e. The average Bonchev–Trinajstić information content (AvgIpc) is 3.11. The van der Waals surface area contributed by atoms with E-state index in [1.165, 1.54) is 67.3 Å². The molecule has 0 spiro atoms. The maximum atomic E-state index is 6.09. The van der Waals surface area contributed by atoms with E-state index in [4.69, 9.17) is 5.73 Å². The molecule has 1 heterocycles. The summed E-state index contributed by atoms with van der Waals surface area (Å²) >= 11 is 3.78. The van der Waals surface area contributed by atoms with Crippen LogP contribution in [0.3, 0.4) is 0 Å². The largest absolute Gasteiger partial charge is 0.371 e. The van der Waals surface area contributed by atoms with Crippen molar-refractivity contribution < 1.29 is 0 Å². The molecule has 2 fully saturated rings. The molecule has 1 aromatic rings. The van der Waals surface area contributed by atoms with E-state index in [9.17, 15) is 0 Å². The Morgan fingerprint density at radius 1 is 1.11 bits per heavy atom. The average molecular weight is 323 g/mol. The zero-order chi connectivity index (χ0) is 13.3. The van der Waals surface area contributed by atoms with Crippen LogP contribution in [-0.4, -0.2) is 19.6 Å². The molecule has 1 saturated carbocycles. The minimum Gasteiger partial charge on any atom is -0.371 e. The van der Waals surface area contributed by atoms with Gasteiger partial charge in [-0.05, 0) is 59.3 Å². The van der Waals surface area contributed by atoms with Crippen LogP contribution >= 0.6 is 15.9 Å². The molecule has 1 saturated heterocycles. The molecule has 0 unspecified atom stereocenters. The van der Waals surface area contributed by atoms with Crippen LogP contribution in [0.5, 0.6) is 0 Å². The number of nitrogens with zero attached hydrogens (tertiary/aromatic N) is 1. The van der Waals surface area contributed by atoms with Gasteiger partial charge in [0.1, 0.15) is 0 Å². The van der Waals surface area contributed by atoms with Crippen molar-refractivity contribution in [1.82, 2.24) is 0 Å². The molecular formula is C16H23BrN2. The maximum absolute atomic E-state index is 6.09. The third-order valence-electron chi connectivity index (χ3n) is 4.96. The lowest BCUT2D eigenvalue weighted by Crippen LogP contribution is -2.32. The minimum atomic E-state index is 0.242. The molecule has 0 atom stereocenters. The van der Waals surface area contributed by atoms with Gasteiger partial charge in [-0.2, -0.15) is 0 Å². The van der Waals surface area contributed by atoms with Crippen LogP contribution in [0, 0.1) is 0 Å². The van der Waals surface area contributed by atoms with Crippen molar-refractivity contribution in [3.05, 3.63) is 28.2 Å². The second-order valence-corrected chi connectivity index (χ2v) is 6.91. The fraction of sp³-hybridized carbons (Fsp3) is 0.625. The molecular weight excluding hydrogens is 300 g/mol. The Morgan fingerprint density at radius 2 is 1.79 bits per heavy atom. The van der Waals surface area contributed by atoms with Crippen molar-refractivity contribution in [3.8, 4) is 0 Å². The first-order valence-electron chi connectivity index (χ1n) is 7.50. The molecule has 1 aliphatic carbocycles. The Kier molecular flexibility index (Phi) is 3.86. The molecule has 0 amide bonds. The molecule has 104 valence electrons. The SMILES string of the molecule is NCC1(c2ccc(N3CCCC3)c(Br)c2)CCCC1. The summed E-state index contributed by atoms with van der Waals surface area (Å²) in [4.78, 5) is 2.48. The number of benzene rings is 1. The summed E-state index contributed by atoms with van der Waals surface area (Å²) < 4.78 is 1.24. The molecule has 0 aromatic heterocycles. The van der Waals surface area contributed by atoms with Gasteiger partial charge in [-0.25, -0.2) is 0 Å². The summed E-state index contributed by atoms with van der Waals surface area (Å²) in [5.41, 5.74) is 9.11. The normalized spacial score (nSPS) is 22.1. The van der Waals surface area contributed by atoms with Crippen molar-refractivity contribution in [2.45, 2.75) is 43.9 Å². The molecule has 2 nitrogen and oxygen atoms in total. The second-order valence-electron chi connectivity index (χ2n) is 6.05. The first kappa shape index (κ1) is 13.4. The van der Waals surface area contributed by atoms with Crippen molar-refractivity contribution in [2.24, 2.45) is 5.73 Å². The Balaban J connectivity index is 1.90. The highest BCUT2D eigenvalue weighted by atomic mass is 79.9. The predicted molar refractivity (Wildman–Crippen MR) is 84.8 cm³/mol. The van der Waals surface area contributed by atoms with Gasteiger partial charge < -0.3 is 10.6 Å². The van der Waals surface area contributed by atoms with E-state index in [1.54, 1.807) is 0 Å². The highest BCUT2D eigenvalue weighted by molar-refractivity contribution is 9.10. The van der Waals surface area contributed by atoms with E-state index in [-0.39, 0.29) is 5.41 Å². The number of nitrogens with two attached hydrogens (primary N) is 1. The minimum absolute atomic E-state index is 0.242. The quantitative estimate of drug-likeness (QED) is 0.916. The van der Waals surface area contributed by atoms with Crippen molar-refractivity contribution in [2.75, 3.05) is 24.5 Å². The molecule has 2 N–H and O–H groups in total. The van der Waals surface area contributed by atoms with Gasteiger partial charge in [0.25, 0.3) is 0 Å². The zero-order valence-electron chi connectivity index (χ0n) is 11.5. The van der Waals surface area contributed by atoms with E-state index in [1.807, 2.05) is 0 Å². The van der Waals surface area contributed by atoms with E-state index >= 15 is 0 Å². The summed E-state index contributed by atoms with van der Waals surface area (Å²) in [5, 5.41) is 0. The molecule has 1 aromatic carbocycles. The van der Waals surface area contributed by atoms with Gasteiger partial charge in [0, 0.05) is 29.5 Å². The molecule has 2 aliphatic rings. The van der Waals surface area contributed by atoms with Crippen LogP contribution in [0.4, 0.5) is 5.69 Å². The lowest BCUT2D eigenvalue weighted by atomic mass is 9.79. The van der Waals surface area contributed by atoms with Crippen LogP contribution < -0.4 is 10.6 Å². The smallest absolute Gasteiger partial charge is 0.0510 e. The molecule has 3 heteroatoms. The van der Waals surface area contributed by atoms with Crippen LogP contribution in [0.1, 0.15) is 44.1 Å². The number of hydrogen-bond donors (Lipinski definition) is 1. The monoisotopic (exact) mass is 322 g/mol. The lowest BCUT2D eigenvalue weighted by Gasteiger charge is -2.29. The Hall–Kier alpha value is -0.540. The van der Waals surface area contributed by atoms with Crippen LogP contribution in [0.25, 0.3) is 0 Å². The van der Waals surface area contributed by atoms with Gasteiger partial charge in [-0.1, -0.05) is 18.9 Å². The molecule has 1 aliphatic heterocycles. The highest BCUT2D eigenvalue weighted by Crippen LogP contribution is 2.42. The van der Waals surface area contributed by atoms with Crippen LogP contribution in [-0.2, 0) is 5.41 Å². The fourth-order valence-corrected chi connectivity index (χ4v) is 4.34. The highest BCUT2D eigenvalue weighted by Gasteiger charge is 2.34. The van der Waals surface area contributed by atoms with E-state index in [0.29, 0.717) is 0 Å². The standard InChI is InChI=1S/C16H23BrN2/c17-14-11-13(16(12-18)7-1-2-8-16)5-6-15(14)19-9-3-4-10-19/h5-6,11H,1-4,7-10,12,18H2. The summed E-state index contributed by atoms with van der Waals surface area (Å²) in [7, 11) is 0. The van der Waals surface area contributed by atoms with Crippen molar-refractivity contribution in [3.63, 3.8) is 0 Å².